The molecule has 94 valence electrons. The molecule has 0 aromatic carbocycles. The highest BCUT2D eigenvalue weighted by molar-refractivity contribution is 5.10. The highest BCUT2D eigenvalue weighted by Crippen LogP contribution is 2.17. The van der Waals surface area contributed by atoms with Gasteiger partial charge in [0.25, 0.3) is 0 Å². The molecule has 1 saturated heterocycles. The van der Waals surface area contributed by atoms with E-state index in [1.54, 1.807) is 12.3 Å². The Morgan fingerprint density at radius 2 is 2.29 bits per heavy atom. The van der Waals surface area contributed by atoms with Gasteiger partial charge in [0.15, 0.2) is 0 Å². The summed E-state index contributed by atoms with van der Waals surface area (Å²) in [5.74, 6) is -0.260. The summed E-state index contributed by atoms with van der Waals surface area (Å²) in [6.45, 7) is 9.26. The minimum atomic E-state index is -0.260. The monoisotopic (exact) mass is 237 g/mol. The zero-order valence-corrected chi connectivity index (χ0v) is 10.7. The van der Waals surface area contributed by atoms with Crippen molar-refractivity contribution in [1.82, 2.24) is 15.2 Å². The molecule has 0 amide bonds. The lowest BCUT2D eigenvalue weighted by Crippen LogP contribution is -2.60. The Morgan fingerprint density at radius 3 is 3.00 bits per heavy atom. The van der Waals surface area contributed by atoms with Crippen molar-refractivity contribution in [3.63, 3.8) is 0 Å². The van der Waals surface area contributed by atoms with E-state index in [1.165, 1.54) is 6.20 Å². The second kappa shape index (κ2) is 4.70. The lowest BCUT2D eigenvalue weighted by atomic mass is 9.99. The molecule has 0 saturated carbocycles. The summed E-state index contributed by atoms with van der Waals surface area (Å²) in [5.41, 5.74) is 1.06. The van der Waals surface area contributed by atoms with E-state index in [2.05, 4.69) is 36.0 Å². The summed E-state index contributed by atoms with van der Waals surface area (Å²) in [6, 6.07) is 2.03. The molecule has 3 nitrogen and oxygen atoms in total. The predicted octanol–water partition coefficient (Wildman–Crippen LogP) is 1.79. The van der Waals surface area contributed by atoms with Gasteiger partial charge in [-0.25, -0.2) is 4.39 Å². The van der Waals surface area contributed by atoms with E-state index < -0.39 is 0 Å². The van der Waals surface area contributed by atoms with Crippen LogP contribution in [-0.2, 0) is 6.54 Å². The maximum Gasteiger partial charge on any atom is 0.141 e. The van der Waals surface area contributed by atoms with Crippen LogP contribution in [0.15, 0.2) is 18.5 Å². The largest absolute Gasteiger partial charge is 0.309 e. The van der Waals surface area contributed by atoms with E-state index in [0.29, 0.717) is 6.04 Å². The Labute approximate surface area is 102 Å². The lowest BCUT2D eigenvalue weighted by molar-refractivity contribution is 0.0976. The van der Waals surface area contributed by atoms with Crippen LogP contribution in [0.25, 0.3) is 0 Å². The highest BCUT2D eigenvalue weighted by atomic mass is 19.1. The van der Waals surface area contributed by atoms with E-state index >= 15 is 0 Å². The molecule has 0 bridgehead atoms. The van der Waals surface area contributed by atoms with Crippen LogP contribution < -0.4 is 5.32 Å². The molecular weight excluding hydrogens is 217 g/mol. The van der Waals surface area contributed by atoms with Gasteiger partial charge in [0.05, 0.1) is 6.20 Å². The smallest absolute Gasteiger partial charge is 0.141 e. The second-order valence-electron chi connectivity index (χ2n) is 5.53. The number of aromatic nitrogens is 1. The van der Waals surface area contributed by atoms with Gasteiger partial charge in [0.1, 0.15) is 5.82 Å². The number of halogens is 1. The van der Waals surface area contributed by atoms with Gasteiger partial charge in [0, 0.05) is 37.4 Å². The van der Waals surface area contributed by atoms with Crippen LogP contribution >= 0.6 is 0 Å². The van der Waals surface area contributed by atoms with E-state index in [9.17, 15) is 4.39 Å². The van der Waals surface area contributed by atoms with E-state index in [1.807, 2.05) is 0 Å². The molecule has 1 N–H and O–H groups in total. The summed E-state index contributed by atoms with van der Waals surface area (Å²) >= 11 is 0. The first-order valence-corrected chi connectivity index (χ1v) is 6.05. The van der Waals surface area contributed by atoms with Gasteiger partial charge in [-0.05, 0) is 32.4 Å². The van der Waals surface area contributed by atoms with E-state index in [4.69, 9.17) is 0 Å². The zero-order valence-electron chi connectivity index (χ0n) is 10.7. The van der Waals surface area contributed by atoms with Gasteiger partial charge < -0.3 is 5.32 Å². The number of rotatable bonds is 2. The first kappa shape index (κ1) is 12.5. The molecule has 17 heavy (non-hydrogen) atoms. The van der Waals surface area contributed by atoms with Crippen molar-refractivity contribution in [2.45, 2.75) is 38.9 Å². The highest BCUT2D eigenvalue weighted by Gasteiger charge is 2.29. The van der Waals surface area contributed by atoms with Crippen LogP contribution in [0.5, 0.6) is 0 Å². The Hall–Kier alpha value is -1.00. The Bertz CT molecular complexity index is 392. The van der Waals surface area contributed by atoms with Crippen LogP contribution in [0.2, 0.25) is 0 Å². The number of piperazine rings is 1. The van der Waals surface area contributed by atoms with Crippen LogP contribution in [0, 0.1) is 5.82 Å². The number of nitrogens with zero attached hydrogens (tertiary/aromatic N) is 2. The van der Waals surface area contributed by atoms with Gasteiger partial charge >= 0.3 is 0 Å². The number of pyridine rings is 1. The van der Waals surface area contributed by atoms with Gasteiger partial charge in [-0.2, -0.15) is 0 Å². The van der Waals surface area contributed by atoms with Gasteiger partial charge in [-0.15, -0.1) is 0 Å². The first-order valence-electron chi connectivity index (χ1n) is 6.05. The fourth-order valence-electron chi connectivity index (χ4n) is 2.26. The first-order chi connectivity index (χ1) is 7.96. The third-order valence-corrected chi connectivity index (χ3v) is 3.24. The van der Waals surface area contributed by atoms with Crippen LogP contribution in [-0.4, -0.2) is 34.6 Å². The van der Waals surface area contributed by atoms with Gasteiger partial charge in [-0.1, -0.05) is 0 Å². The molecule has 1 fully saturated rings. The number of hydrogen-bond acceptors (Lipinski definition) is 3. The van der Waals surface area contributed by atoms with Gasteiger partial charge in [-0.3, -0.25) is 9.88 Å². The van der Waals surface area contributed by atoms with Crippen LogP contribution in [0.4, 0.5) is 4.39 Å². The Balaban J connectivity index is 2.06. The summed E-state index contributed by atoms with van der Waals surface area (Å²) in [5, 5.41) is 3.50. The maximum atomic E-state index is 13.1. The molecule has 1 unspecified atom stereocenters. The number of hydrogen-bond donors (Lipinski definition) is 1. The predicted molar refractivity (Wildman–Crippen MR) is 66.1 cm³/mol. The maximum absolute atomic E-state index is 13.1. The molecule has 0 spiro atoms. The fraction of sp³-hybridized carbons (Fsp3) is 0.615. The van der Waals surface area contributed by atoms with E-state index in [0.717, 1.165) is 25.2 Å². The topological polar surface area (TPSA) is 28.2 Å². The fourth-order valence-corrected chi connectivity index (χ4v) is 2.26. The van der Waals surface area contributed by atoms with Crippen LogP contribution in [0.1, 0.15) is 26.3 Å². The van der Waals surface area contributed by atoms with E-state index in [-0.39, 0.29) is 11.4 Å². The van der Waals surface area contributed by atoms with Crippen LogP contribution in [0.3, 0.4) is 0 Å². The third kappa shape index (κ3) is 3.23. The molecule has 1 aliphatic heterocycles. The molecule has 2 heterocycles. The Morgan fingerprint density at radius 1 is 1.53 bits per heavy atom. The zero-order chi connectivity index (χ0) is 12.5. The minimum absolute atomic E-state index is 0.118. The van der Waals surface area contributed by atoms with Gasteiger partial charge in [0.2, 0.25) is 0 Å². The molecule has 1 aliphatic rings. The quantitative estimate of drug-likeness (QED) is 0.850. The molecule has 1 aromatic heterocycles. The molecule has 0 radical (unpaired) electrons. The minimum Gasteiger partial charge on any atom is -0.309 e. The summed E-state index contributed by atoms with van der Waals surface area (Å²) in [6.07, 6.45) is 2.99. The Kier molecular flexibility index (Phi) is 3.45. The summed E-state index contributed by atoms with van der Waals surface area (Å²) in [7, 11) is 0. The average Bonchev–Trinajstić information content (AvgIpc) is 2.23. The molecule has 1 aromatic rings. The van der Waals surface area contributed by atoms with Crippen molar-refractivity contribution in [1.29, 1.82) is 0 Å². The van der Waals surface area contributed by atoms with Crippen molar-refractivity contribution in [2.75, 3.05) is 13.1 Å². The van der Waals surface area contributed by atoms with Crippen molar-refractivity contribution in [3.8, 4) is 0 Å². The normalized spacial score (nSPS) is 24.8. The summed E-state index contributed by atoms with van der Waals surface area (Å²) < 4.78 is 13.1. The summed E-state index contributed by atoms with van der Waals surface area (Å²) in [4.78, 5) is 6.26. The molecule has 4 heteroatoms. The molecule has 0 aliphatic carbocycles. The van der Waals surface area contributed by atoms with Crippen molar-refractivity contribution in [3.05, 3.63) is 29.8 Å². The average molecular weight is 237 g/mol. The third-order valence-electron chi connectivity index (χ3n) is 3.24. The SMILES string of the molecule is CC1CNC(C)(C)CN1Cc1cncc(F)c1. The lowest BCUT2D eigenvalue weighted by Gasteiger charge is -2.43. The number of nitrogens with one attached hydrogen (secondary N) is 1. The second-order valence-corrected chi connectivity index (χ2v) is 5.53. The van der Waals surface area contributed by atoms with Crippen molar-refractivity contribution in [2.24, 2.45) is 0 Å². The molecular formula is C13H20FN3. The van der Waals surface area contributed by atoms with Crippen molar-refractivity contribution >= 4 is 0 Å². The van der Waals surface area contributed by atoms with Crippen molar-refractivity contribution < 1.29 is 4.39 Å². The molecule has 1 atom stereocenters. The molecule has 2 rings (SSSR count). The standard InChI is InChI=1S/C13H20FN3/c1-10-5-16-13(2,3)9-17(10)8-11-4-12(14)7-15-6-11/h4,6-7,10,16H,5,8-9H2,1-3H3.